The summed E-state index contributed by atoms with van der Waals surface area (Å²) in [5.74, 6) is 9.04. The van der Waals surface area contributed by atoms with Crippen LogP contribution in [0.3, 0.4) is 0 Å². The van der Waals surface area contributed by atoms with E-state index in [0.717, 1.165) is 40.9 Å². The van der Waals surface area contributed by atoms with Crippen LogP contribution in [0.15, 0.2) is 89.8 Å². The largest absolute Gasteiger partial charge is 0.485 e. The van der Waals surface area contributed by atoms with E-state index in [9.17, 15) is 14.0 Å². The van der Waals surface area contributed by atoms with Crippen LogP contribution in [-0.2, 0) is 14.9 Å². The summed E-state index contributed by atoms with van der Waals surface area (Å²) in [6.45, 7) is 6.73. The van der Waals surface area contributed by atoms with Gasteiger partial charge in [-0.05, 0) is 73.1 Å². The number of fused-ring (bicyclic) bond motifs is 2. The Morgan fingerprint density at radius 3 is 2.73 bits per heavy atom. The fourth-order valence-electron chi connectivity index (χ4n) is 5.90. The first-order chi connectivity index (χ1) is 21.1. The number of alkyl halides is 1. The van der Waals surface area contributed by atoms with Crippen molar-refractivity contribution in [2.45, 2.75) is 62.8 Å². The van der Waals surface area contributed by atoms with E-state index in [1.807, 2.05) is 43.3 Å². The molecule has 45 heavy (non-hydrogen) atoms. The number of benzene rings is 2. The van der Waals surface area contributed by atoms with E-state index in [2.05, 4.69) is 48.2 Å². The van der Waals surface area contributed by atoms with Gasteiger partial charge in [0.15, 0.2) is 0 Å². The number of halogens is 1. The molecule has 4 aliphatic rings. The quantitative estimate of drug-likeness (QED) is 0.195. The highest BCUT2D eigenvalue weighted by Gasteiger charge is 2.52. The van der Waals surface area contributed by atoms with Crippen molar-refractivity contribution in [3.8, 4) is 24.2 Å². The normalized spacial score (nSPS) is 21.9. The Morgan fingerprint density at radius 2 is 2.02 bits per heavy atom. The molecule has 1 aliphatic heterocycles. The van der Waals surface area contributed by atoms with Crippen molar-refractivity contribution < 1.29 is 18.7 Å². The average Bonchev–Trinajstić information content (AvgIpc) is 3.94. The van der Waals surface area contributed by atoms with Gasteiger partial charge in [-0.25, -0.2) is 4.39 Å². The molecule has 5 heteroatoms. The lowest BCUT2D eigenvalue weighted by Crippen LogP contribution is -2.45. The number of Topliss-reactive ketones (excluding diaryl/α,β-unsaturated/α-hetero) is 1. The zero-order valence-corrected chi connectivity index (χ0v) is 26.0. The summed E-state index contributed by atoms with van der Waals surface area (Å²) in [5.41, 5.74) is 3.56. The van der Waals surface area contributed by atoms with Gasteiger partial charge < -0.3 is 10.1 Å². The van der Waals surface area contributed by atoms with E-state index in [4.69, 9.17) is 11.2 Å². The van der Waals surface area contributed by atoms with Gasteiger partial charge in [0, 0.05) is 41.9 Å². The van der Waals surface area contributed by atoms with Crippen LogP contribution < -0.4 is 5.32 Å². The van der Waals surface area contributed by atoms with E-state index < -0.39 is 11.1 Å². The van der Waals surface area contributed by atoms with Crippen molar-refractivity contribution in [2.24, 2.45) is 5.92 Å². The molecule has 0 spiro atoms. The molecule has 2 fully saturated rings. The zero-order valence-electron chi connectivity index (χ0n) is 26.0. The predicted octanol–water partition coefficient (Wildman–Crippen LogP) is 7.44. The van der Waals surface area contributed by atoms with Gasteiger partial charge in [-0.2, -0.15) is 0 Å². The minimum Gasteiger partial charge on any atom is -0.485 e. The Kier molecular flexibility index (Phi) is 8.77. The van der Waals surface area contributed by atoms with Crippen molar-refractivity contribution in [1.82, 2.24) is 5.32 Å². The Morgan fingerprint density at radius 1 is 1.22 bits per heavy atom. The molecule has 1 saturated heterocycles. The maximum atomic E-state index is 14.0. The van der Waals surface area contributed by atoms with Crippen LogP contribution in [-0.4, -0.2) is 23.4 Å². The third-order valence-corrected chi connectivity index (χ3v) is 8.55. The topological polar surface area (TPSA) is 55.4 Å². The van der Waals surface area contributed by atoms with Gasteiger partial charge in [-0.1, -0.05) is 80.8 Å². The van der Waals surface area contributed by atoms with Crippen molar-refractivity contribution >= 4 is 11.7 Å². The SMILES string of the molecule is C#Cc1cc(C2(C(=O)N[C@@H]3C[C@H](c4cccc(C(=O)C#CCC)c4)OC4=CC5=CC5C=C43)CC2)ccc1[CH]/C=C/C([CH2])(C)F.[CH3]. The maximum absolute atomic E-state index is 14.0. The Bertz CT molecular complexity index is 1760. The number of terminal acetylenes is 1. The fraction of sp³-hybridized carbons (Fsp3) is 0.275. The smallest absolute Gasteiger partial charge is 0.235 e. The second kappa shape index (κ2) is 12.4. The number of ketones is 1. The molecule has 2 aromatic carbocycles. The number of carbonyl (C=O) groups excluding carboxylic acids is 2. The minimum absolute atomic E-state index is 0. The molecule has 2 unspecified atom stereocenters. The van der Waals surface area contributed by atoms with E-state index >= 15 is 0 Å². The summed E-state index contributed by atoms with van der Waals surface area (Å²) in [4.78, 5) is 26.6. The molecule has 4 nitrogen and oxygen atoms in total. The van der Waals surface area contributed by atoms with Crippen LogP contribution in [0.4, 0.5) is 4.39 Å². The lowest BCUT2D eigenvalue weighted by molar-refractivity contribution is -0.124. The van der Waals surface area contributed by atoms with Crippen molar-refractivity contribution in [3.63, 3.8) is 0 Å². The minimum atomic E-state index is -1.67. The van der Waals surface area contributed by atoms with Crippen LogP contribution in [0, 0.1) is 50.9 Å². The van der Waals surface area contributed by atoms with Gasteiger partial charge in [0.2, 0.25) is 11.7 Å². The van der Waals surface area contributed by atoms with Crippen molar-refractivity contribution in [1.29, 1.82) is 0 Å². The number of hydrogen-bond donors (Lipinski definition) is 1. The monoisotopic (exact) mass is 598 g/mol. The van der Waals surface area contributed by atoms with Crippen molar-refractivity contribution in [3.05, 3.63) is 138 Å². The molecule has 2 aromatic rings. The summed E-state index contributed by atoms with van der Waals surface area (Å²) in [5, 5.41) is 3.37. The lowest BCUT2D eigenvalue weighted by Gasteiger charge is -2.37. The van der Waals surface area contributed by atoms with E-state index in [1.54, 1.807) is 18.6 Å². The summed E-state index contributed by atoms with van der Waals surface area (Å²) < 4.78 is 20.3. The van der Waals surface area contributed by atoms with Crippen LogP contribution in [0.5, 0.6) is 0 Å². The number of allylic oxidation sites excluding steroid dienone is 6. The number of rotatable bonds is 8. The Labute approximate surface area is 266 Å². The Hall–Kier alpha value is -4.61. The molecule has 3 radical (unpaired) electrons. The second-order valence-corrected chi connectivity index (χ2v) is 12.1. The van der Waals surface area contributed by atoms with Gasteiger partial charge >= 0.3 is 0 Å². The van der Waals surface area contributed by atoms with E-state index in [0.29, 0.717) is 24.0 Å². The van der Waals surface area contributed by atoms with Gasteiger partial charge in [0.05, 0.1) is 11.5 Å². The van der Waals surface area contributed by atoms with Crippen molar-refractivity contribution in [2.75, 3.05) is 0 Å². The summed E-state index contributed by atoms with van der Waals surface area (Å²) >= 11 is 0. The highest BCUT2D eigenvalue weighted by molar-refractivity contribution is 6.09. The first-order valence-electron chi connectivity index (χ1n) is 15.0. The van der Waals surface area contributed by atoms with Gasteiger partial charge in [0.1, 0.15) is 17.5 Å². The number of carbonyl (C=O) groups is 2. The lowest BCUT2D eigenvalue weighted by atomic mass is 9.86. The first kappa shape index (κ1) is 31.8. The third-order valence-electron chi connectivity index (χ3n) is 8.55. The van der Waals surface area contributed by atoms with Crippen LogP contribution in [0.1, 0.15) is 78.2 Å². The van der Waals surface area contributed by atoms with Crippen LogP contribution in [0.25, 0.3) is 0 Å². The second-order valence-electron chi connectivity index (χ2n) is 12.1. The molecule has 4 atom stereocenters. The summed E-state index contributed by atoms with van der Waals surface area (Å²) in [6, 6.07) is 12.9. The molecule has 0 aromatic heterocycles. The Balaban J connectivity index is 0.00000400. The molecule has 227 valence electrons. The van der Waals surface area contributed by atoms with Gasteiger partial charge in [-0.15, -0.1) is 6.42 Å². The highest BCUT2D eigenvalue weighted by atomic mass is 19.1. The molecule has 0 bridgehead atoms. The molecule has 3 aliphatic carbocycles. The number of nitrogens with one attached hydrogen (secondary N) is 1. The number of ether oxygens (including phenoxy) is 1. The molecule has 6 rings (SSSR count). The predicted molar refractivity (Wildman–Crippen MR) is 176 cm³/mol. The molecule has 1 heterocycles. The fourth-order valence-corrected chi connectivity index (χ4v) is 5.90. The van der Waals surface area contributed by atoms with Crippen LogP contribution >= 0.6 is 0 Å². The zero-order chi connectivity index (χ0) is 31.1. The van der Waals surface area contributed by atoms with Gasteiger partial charge in [0.25, 0.3) is 0 Å². The summed E-state index contributed by atoms with van der Waals surface area (Å²) in [7, 11) is 0. The highest BCUT2D eigenvalue weighted by Crippen LogP contribution is 2.50. The molecular formula is C40H37FNO3. The first-order valence-corrected chi connectivity index (χ1v) is 15.0. The molecule has 1 N–H and O–H groups in total. The van der Waals surface area contributed by atoms with E-state index in [-0.39, 0.29) is 37.2 Å². The van der Waals surface area contributed by atoms with Gasteiger partial charge in [-0.3, -0.25) is 9.59 Å². The maximum Gasteiger partial charge on any atom is 0.235 e. The molecular weight excluding hydrogens is 561 g/mol. The number of amides is 1. The van der Waals surface area contributed by atoms with E-state index in [1.165, 1.54) is 18.6 Å². The molecule has 1 saturated carbocycles. The third kappa shape index (κ3) is 6.74. The average molecular weight is 599 g/mol. The number of hydrogen-bond acceptors (Lipinski definition) is 3. The molecule has 1 amide bonds. The summed E-state index contributed by atoms with van der Waals surface area (Å²) in [6.07, 6.45) is 19.2. The standard InChI is InChI=1S/C39H34FNO3.CH3/c1-5-7-13-34(42)27-10-8-11-28(19-27)35-24-33(32-22-29-20-30(29)23-36(32)44-35)41-37(43)39(17-18-39)31-15-14-26(25(6-2)21-31)12-9-16-38(3,4)40;/h2,8-12,14-16,19-23,29,33,35H,3,5,17-18,24H2,1,4H3,(H,41,43);1H3/b16-9+;/t29?,33-,35-,38?;/m1./s1. The van der Waals surface area contributed by atoms with Crippen LogP contribution in [0.2, 0.25) is 0 Å².